The lowest BCUT2D eigenvalue weighted by molar-refractivity contribution is 0.410. The van der Waals surface area contributed by atoms with Crippen molar-refractivity contribution < 1.29 is 4.74 Å². The van der Waals surface area contributed by atoms with Crippen molar-refractivity contribution in [1.29, 1.82) is 0 Å². The minimum absolute atomic E-state index is 0.729. The van der Waals surface area contributed by atoms with Crippen LogP contribution in [-0.4, -0.2) is 23.4 Å². The molecule has 108 valence electrons. The van der Waals surface area contributed by atoms with Crippen molar-refractivity contribution in [3.05, 3.63) is 35.5 Å². The van der Waals surface area contributed by atoms with Gasteiger partial charge in [-0.2, -0.15) is 5.10 Å². The van der Waals surface area contributed by atoms with Gasteiger partial charge in [-0.1, -0.05) is 18.2 Å². The second-order valence-electron chi connectivity index (χ2n) is 4.65. The highest BCUT2D eigenvalue weighted by Crippen LogP contribution is 2.23. The second kappa shape index (κ2) is 6.32. The molecule has 0 saturated carbocycles. The monoisotopic (exact) mass is 274 g/mol. The molecule has 3 N–H and O–H groups in total. The Morgan fingerprint density at radius 3 is 2.80 bits per heavy atom. The van der Waals surface area contributed by atoms with Crippen LogP contribution >= 0.6 is 0 Å². The molecule has 2 aromatic rings. The minimum Gasteiger partial charge on any atom is -0.496 e. The lowest BCUT2D eigenvalue weighted by atomic mass is 10.1. The number of anilines is 2. The van der Waals surface area contributed by atoms with E-state index in [9.17, 15) is 0 Å². The fourth-order valence-electron chi connectivity index (χ4n) is 2.24. The molecule has 0 aliphatic rings. The van der Waals surface area contributed by atoms with Crippen LogP contribution in [0.4, 0.5) is 11.5 Å². The summed E-state index contributed by atoms with van der Waals surface area (Å²) in [4.78, 5) is 0. The summed E-state index contributed by atoms with van der Waals surface area (Å²) in [6.45, 7) is 5.56. The van der Waals surface area contributed by atoms with Crippen molar-refractivity contribution >= 4 is 11.5 Å². The van der Waals surface area contributed by atoms with Gasteiger partial charge in [0.05, 0.1) is 18.5 Å². The van der Waals surface area contributed by atoms with Crippen LogP contribution in [0.15, 0.2) is 24.3 Å². The first-order valence-corrected chi connectivity index (χ1v) is 6.86. The van der Waals surface area contributed by atoms with E-state index in [4.69, 9.17) is 10.5 Å². The van der Waals surface area contributed by atoms with Gasteiger partial charge in [0.1, 0.15) is 11.6 Å². The molecule has 0 aliphatic heterocycles. The van der Waals surface area contributed by atoms with Crippen LogP contribution in [0.2, 0.25) is 0 Å². The number of nitrogen functional groups attached to an aromatic ring is 1. The summed E-state index contributed by atoms with van der Waals surface area (Å²) >= 11 is 0. The molecule has 0 unspecified atom stereocenters. The van der Waals surface area contributed by atoms with Gasteiger partial charge in [0.25, 0.3) is 0 Å². The Bertz CT molecular complexity index is 577. The molecule has 0 saturated heterocycles. The van der Waals surface area contributed by atoms with Crippen molar-refractivity contribution in [2.45, 2.75) is 26.8 Å². The number of nitrogens with one attached hydrogen (secondary N) is 1. The maximum Gasteiger partial charge on any atom is 0.148 e. The Balaban J connectivity index is 2.03. The highest BCUT2D eigenvalue weighted by atomic mass is 16.5. The molecule has 0 radical (unpaired) electrons. The van der Waals surface area contributed by atoms with Gasteiger partial charge in [-0.25, -0.2) is 4.68 Å². The number of nitrogens with two attached hydrogens (primary N) is 1. The molecular formula is C15H22N4O. The van der Waals surface area contributed by atoms with E-state index in [1.807, 2.05) is 29.8 Å². The summed E-state index contributed by atoms with van der Waals surface area (Å²) in [7, 11) is 1.69. The van der Waals surface area contributed by atoms with Crippen molar-refractivity contribution in [2.24, 2.45) is 0 Å². The van der Waals surface area contributed by atoms with Crippen molar-refractivity contribution in [3.8, 4) is 5.75 Å². The van der Waals surface area contributed by atoms with Crippen molar-refractivity contribution in [1.82, 2.24) is 9.78 Å². The van der Waals surface area contributed by atoms with Crippen LogP contribution < -0.4 is 15.8 Å². The fraction of sp³-hybridized carbons (Fsp3) is 0.400. The molecule has 0 atom stereocenters. The Morgan fingerprint density at radius 1 is 1.35 bits per heavy atom. The molecule has 1 heterocycles. The van der Waals surface area contributed by atoms with Crippen LogP contribution in [0.25, 0.3) is 0 Å². The third-order valence-electron chi connectivity index (χ3n) is 3.35. The van der Waals surface area contributed by atoms with Crippen LogP contribution in [0.5, 0.6) is 5.75 Å². The third kappa shape index (κ3) is 2.87. The zero-order chi connectivity index (χ0) is 14.5. The average molecular weight is 274 g/mol. The van der Waals surface area contributed by atoms with E-state index in [1.165, 1.54) is 5.56 Å². The van der Waals surface area contributed by atoms with Crippen LogP contribution in [0.3, 0.4) is 0 Å². The highest BCUT2D eigenvalue weighted by Gasteiger charge is 2.11. The molecule has 0 fully saturated rings. The van der Waals surface area contributed by atoms with Crippen LogP contribution in [0.1, 0.15) is 18.2 Å². The third-order valence-corrected chi connectivity index (χ3v) is 3.35. The zero-order valence-corrected chi connectivity index (χ0v) is 12.3. The molecule has 2 rings (SSSR count). The van der Waals surface area contributed by atoms with Crippen molar-refractivity contribution in [3.63, 3.8) is 0 Å². The van der Waals surface area contributed by atoms with Crippen molar-refractivity contribution in [2.75, 3.05) is 24.7 Å². The maximum absolute atomic E-state index is 6.04. The molecule has 5 heteroatoms. The molecule has 1 aromatic heterocycles. The Labute approximate surface area is 119 Å². The number of para-hydroxylation sites is 1. The first kappa shape index (κ1) is 14.2. The largest absolute Gasteiger partial charge is 0.496 e. The van der Waals surface area contributed by atoms with Gasteiger partial charge in [0.2, 0.25) is 0 Å². The number of rotatable bonds is 6. The number of ether oxygens (including phenoxy) is 1. The smallest absolute Gasteiger partial charge is 0.148 e. The molecule has 20 heavy (non-hydrogen) atoms. The van der Waals surface area contributed by atoms with E-state index < -0.39 is 0 Å². The highest BCUT2D eigenvalue weighted by molar-refractivity contribution is 5.64. The van der Waals surface area contributed by atoms with Gasteiger partial charge in [-0.15, -0.1) is 0 Å². The van der Waals surface area contributed by atoms with E-state index >= 15 is 0 Å². The summed E-state index contributed by atoms with van der Waals surface area (Å²) < 4.78 is 7.25. The minimum atomic E-state index is 0.729. The molecule has 0 aliphatic carbocycles. The van der Waals surface area contributed by atoms with Gasteiger partial charge in [0, 0.05) is 13.1 Å². The molecule has 0 bridgehead atoms. The quantitative estimate of drug-likeness (QED) is 0.849. The first-order valence-electron chi connectivity index (χ1n) is 6.86. The normalized spacial score (nSPS) is 10.6. The number of nitrogens with zero attached hydrogens (tertiary/aromatic N) is 2. The molecule has 5 nitrogen and oxygen atoms in total. The lowest BCUT2D eigenvalue weighted by Crippen LogP contribution is -2.11. The number of aryl methyl sites for hydroxylation is 2. The van der Waals surface area contributed by atoms with Gasteiger partial charge in [-0.05, 0) is 31.9 Å². The molecule has 0 spiro atoms. The number of benzene rings is 1. The Morgan fingerprint density at radius 2 is 2.10 bits per heavy atom. The summed E-state index contributed by atoms with van der Waals surface area (Å²) in [6.07, 6.45) is 0.872. The van der Waals surface area contributed by atoms with Gasteiger partial charge in [-0.3, -0.25) is 0 Å². The zero-order valence-electron chi connectivity index (χ0n) is 12.3. The molecule has 1 aromatic carbocycles. The van der Waals surface area contributed by atoms with Gasteiger partial charge in [0.15, 0.2) is 0 Å². The molecular weight excluding hydrogens is 252 g/mol. The topological polar surface area (TPSA) is 65.1 Å². The van der Waals surface area contributed by atoms with Gasteiger partial charge < -0.3 is 15.8 Å². The fourth-order valence-corrected chi connectivity index (χ4v) is 2.24. The number of aromatic nitrogens is 2. The van der Waals surface area contributed by atoms with E-state index in [-0.39, 0.29) is 0 Å². The maximum atomic E-state index is 6.04. The number of methoxy groups -OCH3 is 1. The Kier molecular flexibility index (Phi) is 4.50. The Hall–Kier alpha value is -2.17. The molecule has 0 amide bonds. The summed E-state index contributed by atoms with van der Waals surface area (Å²) in [5, 5.41) is 7.77. The van der Waals surface area contributed by atoms with E-state index in [1.54, 1.807) is 7.11 Å². The van der Waals surface area contributed by atoms with E-state index in [0.29, 0.717) is 0 Å². The van der Waals surface area contributed by atoms with Crippen LogP contribution in [-0.2, 0) is 13.0 Å². The standard InChI is InChI=1S/C15H22N4O/c1-4-19-15(14(16)11(2)18-19)17-10-9-12-7-5-6-8-13(12)20-3/h5-8,17H,4,9-10,16H2,1-3H3. The summed E-state index contributed by atoms with van der Waals surface area (Å²) in [5.41, 5.74) is 8.82. The number of hydrogen-bond acceptors (Lipinski definition) is 4. The first-order chi connectivity index (χ1) is 9.67. The predicted molar refractivity (Wildman–Crippen MR) is 82.2 cm³/mol. The lowest BCUT2D eigenvalue weighted by Gasteiger charge is -2.11. The summed E-state index contributed by atoms with van der Waals surface area (Å²) in [6, 6.07) is 8.05. The SMILES string of the molecule is CCn1nc(C)c(N)c1NCCc1ccccc1OC. The predicted octanol–water partition coefficient (Wildman–Crippen LogP) is 2.46. The summed E-state index contributed by atoms with van der Waals surface area (Å²) in [5.74, 6) is 1.82. The van der Waals surface area contributed by atoms with E-state index in [0.717, 1.165) is 42.5 Å². The second-order valence-corrected chi connectivity index (χ2v) is 4.65. The van der Waals surface area contributed by atoms with E-state index in [2.05, 4.69) is 23.4 Å². The van der Waals surface area contributed by atoms with Gasteiger partial charge >= 0.3 is 0 Å². The van der Waals surface area contributed by atoms with Crippen LogP contribution in [0, 0.1) is 6.92 Å². The average Bonchev–Trinajstić information content (AvgIpc) is 2.75. The number of hydrogen-bond donors (Lipinski definition) is 2.